The second-order valence-corrected chi connectivity index (χ2v) is 4.70. The van der Waals surface area contributed by atoms with Crippen LogP contribution in [-0.2, 0) is 14.3 Å². The van der Waals surface area contributed by atoms with Gasteiger partial charge in [-0.25, -0.2) is 0 Å². The zero-order valence-corrected chi connectivity index (χ0v) is 10.7. The summed E-state index contributed by atoms with van der Waals surface area (Å²) in [6.45, 7) is 6.37. The quantitative estimate of drug-likeness (QED) is 0.620. The van der Waals surface area contributed by atoms with Crippen LogP contribution in [0.3, 0.4) is 0 Å². The normalized spacial score (nSPS) is 11.3. The number of carbonyl (C=O) groups excluding carboxylic acids is 1. The smallest absolute Gasteiger partial charge is 0.305 e. The molecule has 1 amide bonds. The summed E-state index contributed by atoms with van der Waals surface area (Å²) in [5.41, 5.74) is 4.83. The number of hydrogen-bond acceptors (Lipinski definition) is 4. The molecule has 0 aromatic carbocycles. The van der Waals surface area contributed by atoms with Gasteiger partial charge in [-0.3, -0.25) is 9.59 Å². The molecule has 0 aromatic rings. The van der Waals surface area contributed by atoms with Gasteiger partial charge in [-0.15, -0.1) is 0 Å². The van der Waals surface area contributed by atoms with Gasteiger partial charge in [0.25, 0.3) is 0 Å². The second-order valence-electron chi connectivity index (χ2n) is 4.70. The Kier molecular flexibility index (Phi) is 6.75. The third-order valence-electron chi connectivity index (χ3n) is 2.15. The molecule has 0 aliphatic carbocycles. The molecule has 6 heteroatoms. The number of hydrogen-bond donors (Lipinski definition) is 2. The molecule has 0 unspecified atom stereocenters. The molecule has 0 spiro atoms. The molecule has 0 aliphatic rings. The minimum absolute atomic E-state index is 0.0614. The number of ether oxygens (including phenoxy) is 1. The van der Waals surface area contributed by atoms with E-state index >= 15 is 0 Å². The van der Waals surface area contributed by atoms with E-state index in [2.05, 4.69) is 0 Å². The van der Waals surface area contributed by atoms with E-state index in [9.17, 15) is 9.59 Å². The third kappa shape index (κ3) is 6.91. The Morgan fingerprint density at radius 3 is 2.35 bits per heavy atom. The lowest BCUT2D eigenvalue weighted by Crippen LogP contribution is -2.48. The maximum atomic E-state index is 11.8. The van der Waals surface area contributed by atoms with Crippen molar-refractivity contribution >= 4 is 11.9 Å². The molecule has 0 rings (SSSR count). The van der Waals surface area contributed by atoms with Crippen molar-refractivity contribution in [1.29, 1.82) is 0 Å². The molecular formula is C11H22N2O4. The molecule has 0 aliphatic heterocycles. The van der Waals surface area contributed by atoms with Gasteiger partial charge in [-0.05, 0) is 20.8 Å². The van der Waals surface area contributed by atoms with Crippen LogP contribution in [0.15, 0.2) is 0 Å². The van der Waals surface area contributed by atoms with Crippen LogP contribution >= 0.6 is 0 Å². The van der Waals surface area contributed by atoms with Crippen LogP contribution in [0.1, 0.15) is 27.2 Å². The Hall–Kier alpha value is -1.14. The maximum Gasteiger partial charge on any atom is 0.305 e. The zero-order chi connectivity index (χ0) is 13.5. The molecule has 0 atom stereocenters. The summed E-state index contributed by atoms with van der Waals surface area (Å²) >= 11 is 0. The van der Waals surface area contributed by atoms with Gasteiger partial charge >= 0.3 is 5.97 Å². The predicted molar refractivity (Wildman–Crippen MR) is 63.6 cm³/mol. The maximum absolute atomic E-state index is 11.8. The van der Waals surface area contributed by atoms with E-state index in [0.29, 0.717) is 13.2 Å². The molecule has 0 saturated heterocycles. The molecule has 6 nitrogen and oxygen atoms in total. The molecule has 0 saturated carbocycles. The fourth-order valence-electron chi connectivity index (χ4n) is 1.36. The molecule has 0 aromatic heterocycles. The number of amides is 1. The summed E-state index contributed by atoms with van der Waals surface area (Å²) in [4.78, 5) is 23.9. The fraction of sp³-hybridized carbons (Fsp3) is 0.818. The fourth-order valence-corrected chi connectivity index (χ4v) is 1.36. The zero-order valence-electron chi connectivity index (χ0n) is 10.7. The first-order valence-electron chi connectivity index (χ1n) is 5.59. The standard InChI is InChI=1S/C11H22N2O4/c1-11(2,3)13(6-4-10(15)16)9(14)8-17-7-5-12/h4-8,12H2,1-3H3,(H,15,16). The minimum atomic E-state index is -0.921. The Labute approximate surface area is 102 Å². The molecule has 3 N–H and O–H groups in total. The van der Waals surface area contributed by atoms with E-state index in [1.807, 2.05) is 20.8 Å². The monoisotopic (exact) mass is 246 g/mol. The highest BCUT2D eigenvalue weighted by Crippen LogP contribution is 2.14. The molecular weight excluding hydrogens is 224 g/mol. The van der Waals surface area contributed by atoms with E-state index in [0.717, 1.165) is 0 Å². The number of nitrogens with two attached hydrogens (primary N) is 1. The van der Waals surface area contributed by atoms with Gasteiger partial charge in [0.05, 0.1) is 13.0 Å². The van der Waals surface area contributed by atoms with Crippen molar-refractivity contribution in [2.75, 3.05) is 26.3 Å². The first-order valence-corrected chi connectivity index (χ1v) is 5.59. The summed E-state index contributed by atoms with van der Waals surface area (Å²) in [6.07, 6.45) is -0.0695. The van der Waals surface area contributed by atoms with Gasteiger partial charge in [-0.1, -0.05) is 0 Å². The highest BCUT2D eigenvalue weighted by molar-refractivity contribution is 5.79. The summed E-state index contributed by atoms with van der Waals surface area (Å²) in [7, 11) is 0. The van der Waals surface area contributed by atoms with Crippen LogP contribution in [0, 0.1) is 0 Å². The Bertz CT molecular complexity index is 261. The Morgan fingerprint density at radius 2 is 1.94 bits per heavy atom. The highest BCUT2D eigenvalue weighted by atomic mass is 16.5. The van der Waals surface area contributed by atoms with Crippen LogP contribution in [0.4, 0.5) is 0 Å². The molecule has 0 bridgehead atoms. The lowest BCUT2D eigenvalue weighted by molar-refractivity contribution is -0.143. The number of aliphatic carboxylic acids is 1. The average molecular weight is 246 g/mol. The predicted octanol–water partition coefficient (Wildman–Crippen LogP) is 0.0635. The SMILES string of the molecule is CC(C)(C)N(CCC(=O)O)C(=O)COCCN. The molecule has 0 radical (unpaired) electrons. The van der Waals surface area contributed by atoms with Crippen molar-refractivity contribution in [3.05, 3.63) is 0 Å². The second kappa shape index (κ2) is 7.24. The van der Waals surface area contributed by atoms with Gasteiger partial charge in [0.1, 0.15) is 6.61 Å². The van der Waals surface area contributed by atoms with Crippen LogP contribution < -0.4 is 5.73 Å². The summed E-state index contributed by atoms with van der Waals surface area (Å²) in [5.74, 6) is -1.14. The molecule has 100 valence electrons. The van der Waals surface area contributed by atoms with Crippen LogP contribution in [0.25, 0.3) is 0 Å². The van der Waals surface area contributed by atoms with Crippen LogP contribution in [0.5, 0.6) is 0 Å². The van der Waals surface area contributed by atoms with E-state index in [-0.39, 0.29) is 25.5 Å². The average Bonchev–Trinajstić information content (AvgIpc) is 2.15. The molecule has 0 heterocycles. The first-order chi connectivity index (χ1) is 7.79. The number of carboxylic acids is 1. The van der Waals surface area contributed by atoms with E-state index in [1.165, 1.54) is 4.90 Å². The largest absolute Gasteiger partial charge is 0.481 e. The van der Waals surface area contributed by atoms with Gasteiger partial charge in [-0.2, -0.15) is 0 Å². The van der Waals surface area contributed by atoms with Crippen molar-refractivity contribution in [2.45, 2.75) is 32.7 Å². The number of carbonyl (C=O) groups is 2. The van der Waals surface area contributed by atoms with E-state index in [1.54, 1.807) is 0 Å². The van der Waals surface area contributed by atoms with E-state index in [4.69, 9.17) is 15.6 Å². The lowest BCUT2D eigenvalue weighted by atomic mass is 10.1. The number of nitrogens with zero attached hydrogens (tertiary/aromatic N) is 1. The van der Waals surface area contributed by atoms with Crippen molar-refractivity contribution < 1.29 is 19.4 Å². The number of rotatable bonds is 7. The highest BCUT2D eigenvalue weighted by Gasteiger charge is 2.26. The third-order valence-corrected chi connectivity index (χ3v) is 2.15. The van der Waals surface area contributed by atoms with Crippen molar-refractivity contribution in [1.82, 2.24) is 4.90 Å². The van der Waals surface area contributed by atoms with Gasteiger partial charge < -0.3 is 20.5 Å². The van der Waals surface area contributed by atoms with Gasteiger partial charge in [0.2, 0.25) is 5.91 Å². The van der Waals surface area contributed by atoms with Crippen molar-refractivity contribution in [2.24, 2.45) is 5.73 Å². The molecule has 17 heavy (non-hydrogen) atoms. The van der Waals surface area contributed by atoms with Gasteiger partial charge in [0.15, 0.2) is 0 Å². The van der Waals surface area contributed by atoms with Crippen LogP contribution in [-0.4, -0.2) is 53.7 Å². The lowest BCUT2D eigenvalue weighted by Gasteiger charge is -2.35. The van der Waals surface area contributed by atoms with Crippen LogP contribution in [0.2, 0.25) is 0 Å². The summed E-state index contributed by atoms with van der Waals surface area (Å²) in [6, 6.07) is 0. The first kappa shape index (κ1) is 15.9. The van der Waals surface area contributed by atoms with Crippen molar-refractivity contribution in [3.63, 3.8) is 0 Å². The van der Waals surface area contributed by atoms with E-state index < -0.39 is 11.5 Å². The Balaban J connectivity index is 4.36. The molecule has 0 fully saturated rings. The summed E-state index contributed by atoms with van der Waals surface area (Å²) in [5, 5.41) is 8.64. The Morgan fingerprint density at radius 1 is 1.35 bits per heavy atom. The minimum Gasteiger partial charge on any atom is -0.481 e. The number of carboxylic acid groups (broad SMARTS) is 1. The topological polar surface area (TPSA) is 92.9 Å². The summed E-state index contributed by atoms with van der Waals surface area (Å²) < 4.78 is 5.06. The van der Waals surface area contributed by atoms with Crippen molar-refractivity contribution in [3.8, 4) is 0 Å². The van der Waals surface area contributed by atoms with Gasteiger partial charge in [0, 0.05) is 18.6 Å².